The second-order valence-electron chi connectivity index (χ2n) is 4.92. The molecule has 0 aromatic heterocycles. The number of nitrogens with one attached hydrogen (secondary N) is 1. The quantitative estimate of drug-likeness (QED) is 0.625. The maximum absolute atomic E-state index is 11.9. The van der Waals surface area contributed by atoms with Crippen LogP contribution in [0.25, 0.3) is 12.2 Å². The molecule has 0 spiro atoms. The maximum atomic E-state index is 11.9. The number of carboxylic acids is 1. The van der Waals surface area contributed by atoms with Crippen LogP contribution in [0.2, 0.25) is 0 Å². The third-order valence-electron chi connectivity index (χ3n) is 3.02. The summed E-state index contributed by atoms with van der Waals surface area (Å²) in [7, 11) is 0. The average molecular weight is 319 g/mol. The zero-order valence-electron chi connectivity index (χ0n) is 12.9. The smallest absolute Gasteiger partial charge is 0.328 e. The standard InChI is InChI=1S/C20H17NO3/c22-19(12-5-4-9-16-7-2-1-3-8-16)21-18-11-6-10-17(15-18)13-14-20(23)24/h1-15H,(H,21,22)(H,23,24)/b9-4+,12-5+,14-13+. The van der Waals surface area contributed by atoms with E-state index in [0.29, 0.717) is 11.3 Å². The summed E-state index contributed by atoms with van der Waals surface area (Å²) < 4.78 is 0. The lowest BCUT2D eigenvalue weighted by Gasteiger charge is -2.02. The van der Waals surface area contributed by atoms with Crippen molar-refractivity contribution in [1.29, 1.82) is 0 Å². The van der Waals surface area contributed by atoms with Crippen LogP contribution < -0.4 is 5.32 Å². The predicted molar refractivity (Wildman–Crippen MR) is 96.4 cm³/mol. The van der Waals surface area contributed by atoms with Crippen LogP contribution in [-0.2, 0) is 9.59 Å². The molecule has 1 amide bonds. The Hall–Kier alpha value is -3.40. The van der Waals surface area contributed by atoms with Gasteiger partial charge in [-0.25, -0.2) is 4.79 Å². The van der Waals surface area contributed by atoms with Crippen LogP contribution in [0.1, 0.15) is 11.1 Å². The molecular weight excluding hydrogens is 302 g/mol. The summed E-state index contributed by atoms with van der Waals surface area (Å²) in [5, 5.41) is 11.3. The third kappa shape index (κ3) is 6.15. The van der Waals surface area contributed by atoms with Crippen molar-refractivity contribution in [2.45, 2.75) is 0 Å². The summed E-state index contributed by atoms with van der Waals surface area (Å²) in [6.07, 6.45) is 9.31. The molecule has 0 aliphatic carbocycles. The molecule has 4 heteroatoms. The Morgan fingerprint density at radius 1 is 0.833 bits per heavy atom. The van der Waals surface area contributed by atoms with Gasteiger partial charge in [0.2, 0.25) is 5.91 Å². The molecule has 0 aliphatic heterocycles. The number of anilines is 1. The lowest BCUT2D eigenvalue weighted by Crippen LogP contribution is -2.07. The second kappa shape index (κ2) is 8.90. The topological polar surface area (TPSA) is 66.4 Å². The Kier molecular flexibility index (Phi) is 6.29. The van der Waals surface area contributed by atoms with E-state index in [9.17, 15) is 9.59 Å². The van der Waals surface area contributed by atoms with Gasteiger partial charge in [-0.05, 0) is 29.3 Å². The van der Waals surface area contributed by atoms with Gasteiger partial charge in [-0.15, -0.1) is 0 Å². The predicted octanol–water partition coefficient (Wildman–Crippen LogP) is 3.99. The molecule has 2 rings (SSSR count). The first-order chi connectivity index (χ1) is 11.6. The zero-order chi connectivity index (χ0) is 17.2. The van der Waals surface area contributed by atoms with Crippen molar-refractivity contribution in [2.75, 3.05) is 5.32 Å². The van der Waals surface area contributed by atoms with E-state index in [1.165, 1.54) is 12.2 Å². The fraction of sp³-hybridized carbons (Fsp3) is 0. The molecule has 4 nitrogen and oxygen atoms in total. The van der Waals surface area contributed by atoms with E-state index in [0.717, 1.165) is 11.6 Å². The molecular formula is C20H17NO3. The van der Waals surface area contributed by atoms with Crippen molar-refractivity contribution in [3.05, 3.63) is 90.0 Å². The first kappa shape index (κ1) is 17.0. The number of carbonyl (C=O) groups excluding carboxylic acids is 1. The van der Waals surface area contributed by atoms with Crippen LogP contribution in [0, 0.1) is 0 Å². The normalized spacial score (nSPS) is 11.3. The van der Waals surface area contributed by atoms with E-state index < -0.39 is 5.97 Å². The molecule has 0 fully saturated rings. The van der Waals surface area contributed by atoms with Gasteiger partial charge < -0.3 is 10.4 Å². The number of hydrogen-bond acceptors (Lipinski definition) is 2. The number of carbonyl (C=O) groups is 2. The van der Waals surface area contributed by atoms with Crippen LogP contribution in [0.3, 0.4) is 0 Å². The third-order valence-corrected chi connectivity index (χ3v) is 3.02. The number of benzene rings is 2. The SMILES string of the molecule is O=C(O)/C=C/c1cccc(NC(=O)/C=C/C=C/c2ccccc2)c1. The lowest BCUT2D eigenvalue weighted by atomic mass is 10.2. The number of rotatable bonds is 6. The van der Waals surface area contributed by atoms with Crippen LogP contribution in [-0.4, -0.2) is 17.0 Å². The van der Waals surface area contributed by atoms with E-state index in [4.69, 9.17) is 5.11 Å². The molecule has 0 atom stereocenters. The molecule has 0 bridgehead atoms. The Morgan fingerprint density at radius 3 is 2.33 bits per heavy atom. The minimum Gasteiger partial charge on any atom is -0.478 e. The Labute approximate surface area is 140 Å². The van der Waals surface area contributed by atoms with E-state index >= 15 is 0 Å². The Morgan fingerprint density at radius 2 is 1.58 bits per heavy atom. The number of aliphatic carboxylic acids is 1. The molecule has 0 unspecified atom stereocenters. The summed E-state index contributed by atoms with van der Waals surface area (Å²) in [5.74, 6) is -1.27. The van der Waals surface area contributed by atoms with Gasteiger partial charge in [0.15, 0.2) is 0 Å². The summed E-state index contributed by atoms with van der Waals surface area (Å²) in [5.41, 5.74) is 2.35. The monoisotopic (exact) mass is 319 g/mol. The first-order valence-electron chi connectivity index (χ1n) is 7.35. The highest BCUT2D eigenvalue weighted by atomic mass is 16.4. The van der Waals surface area contributed by atoms with Crippen molar-refractivity contribution in [2.24, 2.45) is 0 Å². The molecule has 0 aliphatic rings. The van der Waals surface area contributed by atoms with Gasteiger partial charge in [-0.2, -0.15) is 0 Å². The molecule has 0 radical (unpaired) electrons. The van der Waals surface area contributed by atoms with Gasteiger partial charge in [-0.3, -0.25) is 4.79 Å². The molecule has 0 heterocycles. The van der Waals surface area contributed by atoms with Crippen LogP contribution in [0.5, 0.6) is 0 Å². The van der Waals surface area contributed by atoms with Crippen molar-refractivity contribution in [3.8, 4) is 0 Å². The average Bonchev–Trinajstić information content (AvgIpc) is 2.58. The highest BCUT2D eigenvalue weighted by molar-refractivity contribution is 5.99. The zero-order valence-corrected chi connectivity index (χ0v) is 12.9. The minimum atomic E-state index is -1.02. The molecule has 0 saturated heterocycles. The van der Waals surface area contributed by atoms with Crippen molar-refractivity contribution >= 4 is 29.7 Å². The van der Waals surface area contributed by atoms with Gasteiger partial charge in [-0.1, -0.05) is 60.7 Å². The summed E-state index contributed by atoms with van der Waals surface area (Å²) in [6.45, 7) is 0. The Bertz CT molecular complexity index is 790. The summed E-state index contributed by atoms with van der Waals surface area (Å²) in [6, 6.07) is 16.7. The van der Waals surface area contributed by atoms with Gasteiger partial charge in [0.25, 0.3) is 0 Å². The van der Waals surface area contributed by atoms with Crippen molar-refractivity contribution < 1.29 is 14.7 Å². The Balaban J connectivity index is 1.92. The summed E-state index contributed by atoms with van der Waals surface area (Å²) in [4.78, 5) is 22.4. The number of amides is 1. The second-order valence-corrected chi connectivity index (χ2v) is 4.92. The number of carboxylic acid groups (broad SMARTS) is 1. The molecule has 24 heavy (non-hydrogen) atoms. The van der Waals surface area contributed by atoms with E-state index in [-0.39, 0.29) is 5.91 Å². The number of allylic oxidation sites excluding steroid dienone is 2. The fourth-order valence-corrected chi connectivity index (χ4v) is 1.95. The van der Waals surface area contributed by atoms with E-state index in [1.54, 1.807) is 36.4 Å². The molecule has 2 aromatic rings. The molecule has 2 aromatic carbocycles. The molecule has 2 N–H and O–H groups in total. The van der Waals surface area contributed by atoms with Crippen molar-refractivity contribution in [3.63, 3.8) is 0 Å². The van der Waals surface area contributed by atoms with Gasteiger partial charge >= 0.3 is 5.97 Å². The van der Waals surface area contributed by atoms with Gasteiger partial charge in [0.1, 0.15) is 0 Å². The van der Waals surface area contributed by atoms with Crippen LogP contribution in [0.4, 0.5) is 5.69 Å². The molecule has 120 valence electrons. The van der Waals surface area contributed by atoms with Crippen molar-refractivity contribution in [1.82, 2.24) is 0 Å². The maximum Gasteiger partial charge on any atom is 0.328 e. The minimum absolute atomic E-state index is 0.257. The highest BCUT2D eigenvalue weighted by Gasteiger charge is 1.98. The van der Waals surface area contributed by atoms with E-state index in [1.807, 2.05) is 36.4 Å². The summed E-state index contributed by atoms with van der Waals surface area (Å²) >= 11 is 0. The highest BCUT2D eigenvalue weighted by Crippen LogP contribution is 2.12. The van der Waals surface area contributed by atoms with Crippen LogP contribution in [0.15, 0.2) is 78.9 Å². The fourth-order valence-electron chi connectivity index (χ4n) is 1.95. The molecule has 0 saturated carbocycles. The van der Waals surface area contributed by atoms with E-state index in [2.05, 4.69) is 5.32 Å². The van der Waals surface area contributed by atoms with Crippen LogP contribution >= 0.6 is 0 Å². The first-order valence-corrected chi connectivity index (χ1v) is 7.35. The van der Waals surface area contributed by atoms with Gasteiger partial charge in [0.05, 0.1) is 0 Å². The largest absolute Gasteiger partial charge is 0.478 e. The lowest BCUT2D eigenvalue weighted by molar-refractivity contribution is -0.131. The number of hydrogen-bond donors (Lipinski definition) is 2. The van der Waals surface area contributed by atoms with Gasteiger partial charge in [0, 0.05) is 17.8 Å².